The number of carbonyl (C=O) groups excluding carboxylic acids is 1. The summed E-state index contributed by atoms with van der Waals surface area (Å²) in [5, 5.41) is 10.7. The topological polar surface area (TPSA) is 81.3 Å². The zero-order chi connectivity index (χ0) is 14.0. The molecule has 1 aliphatic rings. The van der Waals surface area contributed by atoms with Crippen LogP contribution in [0.2, 0.25) is 0 Å². The smallest absolute Gasteiger partial charge is 0.342 e. The van der Waals surface area contributed by atoms with Crippen molar-refractivity contribution in [2.45, 2.75) is 19.3 Å². The highest BCUT2D eigenvalue weighted by Gasteiger charge is 2.21. The Hall–Kier alpha value is -2.18. The van der Waals surface area contributed by atoms with Crippen molar-refractivity contribution in [3.63, 3.8) is 0 Å². The van der Waals surface area contributed by atoms with Gasteiger partial charge in [-0.2, -0.15) is 0 Å². The molecule has 2 rings (SSSR count). The Morgan fingerprint density at radius 2 is 2.16 bits per heavy atom. The highest BCUT2D eigenvalue weighted by molar-refractivity contribution is 5.97. The van der Waals surface area contributed by atoms with Crippen LogP contribution in [0.1, 0.15) is 25.1 Å². The molecule has 0 atom stereocenters. The van der Waals surface area contributed by atoms with Crippen LogP contribution in [0.4, 0.5) is 5.82 Å². The zero-order valence-electron chi connectivity index (χ0n) is 11.0. The summed E-state index contributed by atoms with van der Waals surface area (Å²) in [5.41, 5.74) is 0.656. The summed E-state index contributed by atoms with van der Waals surface area (Å²) < 4.78 is 1.38. The lowest BCUT2D eigenvalue weighted by Gasteiger charge is -2.13. The van der Waals surface area contributed by atoms with Crippen LogP contribution in [-0.4, -0.2) is 38.9 Å². The first kappa shape index (κ1) is 13.3. The molecule has 0 bridgehead atoms. The number of imidazole rings is 1. The first-order chi connectivity index (χ1) is 9.00. The Bertz CT molecular complexity index is 547. The van der Waals surface area contributed by atoms with Crippen molar-refractivity contribution in [3.8, 4) is 0 Å². The molecule has 19 heavy (non-hydrogen) atoms. The summed E-state index contributed by atoms with van der Waals surface area (Å²) in [6.45, 7) is 0.747. The Morgan fingerprint density at radius 3 is 2.79 bits per heavy atom. The highest BCUT2D eigenvalue weighted by Crippen LogP contribution is 2.20. The maximum absolute atomic E-state index is 12.1. The number of rotatable bonds is 2. The maximum atomic E-state index is 12.1. The lowest BCUT2D eigenvalue weighted by atomic mass is 10.1. The summed E-state index contributed by atoms with van der Waals surface area (Å²) >= 11 is 0. The van der Waals surface area contributed by atoms with E-state index in [0.29, 0.717) is 17.8 Å². The average molecular weight is 264 g/mol. The molecule has 102 valence electrons. The van der Waals surface area contributed by atoms with E-state index in [1.165, 1.54) is 10.8 Å². The van der Waals surface area contributed by atoms with Gasteiger partial charge in [0, 0.05) is 25.2 Å². The molecular formula is C12H16N4O3. The third-order valence-corrected chi connectivity index (χ3v) is 3.30. The Balaban J connectivity index is 2.34. The van der Waals surface area contributed by atoms with Crippen LogP contribution in [0.5, 0.6) is 0 Å². The van der Waals surface area contributed by atoms with Crippen LogP contribution < -0.4 is 0 Å². The van der Waals surface area contributed by atoms with Gasteiger partial charge in [-0.25, -0.2) is 9.55 Å². The van der Waals surface area contributed by atoms with Crippen molar-refractivity contribution >= 4 is 17.8 Å². The lowest BCUT2D eigenvalue weighted by Crippen LogP contribution is -2.26. The van der Waals surface area contributed by atoms with E-state index in [-0.39, 0.29) is 11.7 Å². The minimum Gasteiger partial charge on any atom is -0.358 e. The van der Waals surface area contributed by atoms with Gasteiger partial charge in [0.1, 0.15) is 6.20 Å². The number of carbonyl (C=O) groups is 1. The molecule has 1 amide bonds. The number of amides is 1. The SMILES string of the molecule is CN1CCCC/C(=C/c2ncc([N+](=O)[O-])n2C)C1=O. The van der Waals surface area contributed by atoms with E-state index in [1.807, 2.05) is 0 Å². The van der Waals surface area contributed by atoms with Crippen molar-refractivity contribution in [1.29, 1.82) is 0 Å². The van der Waals surface area contributed by atoms with Gasteiger partial charge in [0.25, 0.3) is 0 Å². The number of likely N-dealkylation sites (N-methyl/N-ethyl adjacent to an activating group) is 1. The summed E-state index contributed by atoms with van der Waals surface area (Å²) in [4.78, 5) is 28.0. The molecule has 0 radical (unpaired) electrons. The minimum atomic E-state index is -0.490. The van der Waals surface area contributed by atoms with Crippen molar-refractivity contribution in [1.82, 2.24) is 14.5 Å². The van der Waals surface area contributed by atoms with Gasteiger partial charge >= 0.3 is 5.82 Å². The molecule has 7 nitrogen and oxygen atoms in total. The molecule has 1 aromatic rings. The second-order valence-electron chi connectivity index (χ2n) is 4.64. The minimum absolute atomic E-state index is 0.0249. The third-order valence-electron chi connectivity index (χ3n) is 3.30. The summed E-state index contributed by atoms with van der Waals surface area (Å²) in [6.07, 6.45) is 5.45. The van der Waals surface area contributed by atoms with Gasteiger partial charge in [0.2, 0.25) is 11.7 Å². The molecule has 0 saturated carbocycles. The van der Waals surface area contributed by atoms with Crippen LogP contribution in [0.3, 0.4) is 0 Å². The van der Waals surface area contributed by atoms with Crippen molar-refractivity contribution in [2.75, 3.05) is 13.6 Å². The molecule has 7 heteroatoms. The van der Waals surface area contributed by atoms with Crippen LogP contribution >= 0.6 is 0 Å². The molecule has 0 aliphatic carbocycles. The number of nitro groups is 1. The van der Waals surface area contributed by atoms with E-state index < -0.39 is 4.92 Å². The van der Waals surface area contributed by atoms with Gasteiger partial charge in [-0.05, 0) is 24.2 Å². The Morgan fingerprint density at radius 1 is 1.42 bits per heavy atom. The lowest BCUT2D eigenvalue weighted by molar-refractivity contribution is -0.391. The molecule has 1 saturated heterocycles. The van der Waals surface area contributed by atoms with E-state index in [0.717, 1.165) is 19.4 Å². The fourth-order valence-electron chi connectivity index (χ4n) is 2.13. The van der Waals surface area contributed by atoms with Crippen LogP contribution in [0.15, 0.2) is 11.8 Å². The Kier molecular flexibility index (Phi) is 3.64. The van der Waals surface area contributed by atoms with Crippen LogP contribution in [0.25, 0.3) is 6.08 Å². The van der Waals surface area contributed by atoms with Gasteiger partial charge in [-0.15, -0.1) is 0 Å². The number of aromatic nitrogens is 2. The molecule has 0 aromatic carbocycles. The number of nitrogens with zero attached hydrogens (tertiary/aromatic N) is 4. The normalized spacial score (nSPS) is 18.7. The maximum Gasteiger partial charge on any atom is 0.342 e. The highest BCUT2D eigenvalue weighted by atomic mass is 16.6. The predicted molar refractivity (Wildman–Crippen MR) is 69.3 cm³/mol. The van der Waals surface area contributed by atoms with E-state index in [4.69, 9.17) is 0 Å². The van der Waals surface area contributed by atoms with Gasteiger partial charge in [-0.1, -0.05) is 0 Å². The molecule has 2 heterocycles. The van der Waals surface area contributed by atoms with Gasteiger partial charge in [-0.3, -0.25) is 4.79 Å². The van der Waals surface area contributed by atoms with Gasteiger partial charge in [0.05, 0.1) is 7.05 Å². The fraction of sp³-hybridized carbons (Fsp3) is 0.500. The second kappa shape index (κ2) is 5.21. The molecule has 0 unspecified atom stereocenters. The first-order valence-electron chi connectivity index (χ1n) is 6.13. The van der Waals surface area contributed by atoms with Crippen molar-refractivity contribution < 1.29 is 9.72 Å². The number of hydrogen-bond acceptors (Lipinski definition) is 4. The van der Waals surface area contributed by atoms with E-state index >= 15 is 0 Å². The van der Waals surface area contributed by atoms with Crippen molar-refractivity contribution in [2.24, 2.45) is 7.05 Å². The standard InChI is InChI=1S/C12H16N4O3/c1-14-6-4-3-5-9(12(14)17)7-10-13-8-11(15(10)2)16(18)19/h7-8H,3-6H2,1-2H3/b9-7-. The largest absolute Gasteiger partial charge is 0.358 e. The quantitative estimate of drug-likeness (QED) is 0.458. The predicted octanol–water partition coefficient (Wildman–Crippen LogP) is 1.35. The molecule has 0 N–H and O–H groups in total. The first-order valence-corrected chi connectivity index (χ1v) is 6.13. The third kappa shape index (κ3) is 2.64. The molecule has 1 aliphatic heterocycles. The second-order valence-corrected chi connectivity index (χ2v) is 4.64. The average Bonchev–Trinajstić information content (AvgIpc) is 2.65. The fourth-order valence-corrected chi connectivity index (χ4v) is 2.13. The number of hydrogen-bond donors (Lipinski definition) is 0. The molecule has 0 spiro atoms. The van der Waals surface area contributed by atoms with Gasteiger partial charge in [0.15, 0.2) is 0 Å². The summed E-state index contributed by atoms with van der Waals surface area (Å²) in [6, 6.07) is 0. The Labute approximate surface area is 110 Å². The monoisotopic (exact) mass is 264 g/mol. The van der Waals surface area contributed by atoms with E-state index in [9.17, 15) is 14.9 Å². The molecular weight excluding hydrogens is 248 g/mol. The molecule has 1 fully saturated rings. The number of likely N-dealkylation sites (tertiary alicyclic amines) is 1. The van der Waals surface area contributed by atoms with Crippen LogP contribution in [-0.2, 0) is 11.8 Å². The van der Waals surface area contributed by atoms with E-state index in [2.05, 4.69) is 4.98 Å². The molecule has 1 aromatic heterocycles. The van der Waals surface area contributed by atoms with Crippen molar-refractivity contribution in [3.05, 3.63) is 27.7 Å². The summed E-state index contributed by atoms with van der Waals surface area (Å²) in [7, 11) is 3.34. The van der Waals surface area contributed by atoms with Crippen LogP contribution in [0, 0.1) is 10.1 Å². The summed E-state index contributed by atoms with van der Waals surface area (Å²) in [5.74, 6) is 0.328. The van der Waals surface area contributed by atoms with Gasteiger partial charge < -0.3 is 15.0 Å². The van der Waals surface area contributed by atoms with E-state index in [1.54, 1.807) is 25.1 Å². The zero-order valence-corrected chi connectivity index (χ0v) is 11.0.